The largest absolute Gasteiger partial charge is 0.396 e. The van der Waals surface area contributed by atoms with Gasteiger partial charge in [0.25, 0.3) is 0 Å². The molecule has 86 valence electrons. The first-order valence-electron chi connectivity index (χ1n) is 5.27. The van der Waals surface area contributed by atoms with Gasteiger partial charge in [0.15, 0.2) is 5.82 Å². The van der Waals surface area contributed by atoms with Crippen LogP contribution in [-0.4, -0.2) is 33.0 Å². The molecule has 0 spiro atoms. The van der Waals surface area contributed by atoms with Gasteiger partial charge in [-0.3, -0.25) is 4.57 Å². The summed E-state index contributed by atoms with van der Waals surface area (Å²) in [6.07, 6.45) is 0.504. The van der Waals surface area contributed by atoms with E-state index in [1.165, 1.54) is 0 Å². The summed E-state index contributed by atoms with van der Waals surface area (Å²) < 4.78 is 1.93. The smallest absolute Gasteiger partial charge is 0.224 e. The number of nitrogens with one attached hydrogen (secondary N) is 1. The summed E-state index contributed by atoms with van der Waals surface area (Å²) >= 11 is 0. The molecule has 1 heterocycles. The average molecular weight is 213 g/mol. The van der Waals surface area contributed by atoms with Crippen molar-refractivity contribution in [3.63, 3.8) is 0 Å². The molecule has 0 saturated carbocycles. The molecule has 0 aromatic carbocycles. The molecule has 4 N–H and O–H groups in total. The molecule has 6 heteroatoms. The molecule has 6 nitrogen and oxygen atoms in total. The number of rotatable bonds is 6. The Balaban J connectivity index is 2.87. The van der Waals surface area contributed by atoms with Crippen LogP contribution >= 0.6 is 0 Å². The Morgan fingerprint density at radius 2 is 2.20 bits per heavy atom. The van der Waals surface area contributed by atoms with Gasteiger partial charge >= 0.3 is 0 Å². The van der Waals surface area contributed by atoms with Gasteiger partial charge in [-0.15, -0.1) is 10.2 Å². The number of hydrogen-bond acceptors (Lipinski definition) is 5. The zero-order valence-corrected chi connectivity index (χ0v) is 9.27. The molecule has 0 aliphatic rings. The SMILES string of the molecule is CCNc1nnc(C(N)CCO)n1CC. The number of aliphatic hydroxyl groups excluding tert-OH is 1. The number of aliphatic hydroxyl groups is 1. The first-order valence-corrected chi connectivity index (χ1v) is 5.27. The average Bonchev–Trinajstić information content (AvgIpc) is 2.62. The van der Waals surface area contributed by atoms with Crippen LogP contribution in [0.2, 0.25) is 0 Å². The van der Waals surface area contributed by atoms with Gasteiger partial charge in [0, 0.05) is 19.7 Å². The van der Waals surface area contributed by atoms with Crippen LogP contribution in [0.3, 0.4) is 0 Å². The first kappa shape index (κ1) is 11.9. The fraction of sp³-hybridized carbons (Fsp3) is 0.778. The Hall–Kier alpha value is -1.14. The third kappa shape index (κ3) is 2.66. The van der Waals surface area contributed by atoms with E-state index in [9.17, 15) is 0 Å². The van der Waals surface area contributed by atoms with Crippen molar-refractivity contribution in [1.82, 2.24) is 14.8 Å². The highest BCUT2D eigenvalue weighted by atomic mass is 16.3. The van der Waals surface area contributed by atoms with Gasteiger partial charge in [-0.1, -0.05) is 0 Å². The van der Waals surface area contributed by atoms with Crippen LogP contribution in [0, 0.1) is 0 Å². The van der Waals surface area contributed by atoms with Gasteiger partial charge in [-0.05, 0) is 20.3 Å². The number of aromatic nitrogens is 3. The molecule has 15 heavy (non-hydrogen) atoms. The van der Waals surface area contributed by atoms with Crippen molar-refractivity contribution in [2.45, 2.75) is 32.9 Å². The molecule has 0 bridgehead atoms. The Labute approximate surface area is 89.5 Å². The summed E-state index contributed by atoms with van der Waals surface area (Å²) in [7, 11) is 0. The number of hydrogen-bond donors (Lipinski definition) is 3. The maximum atomic E-state index is 8.82. The number of nitrogens with two attached hydrogens (primary N) is 1. The lowest BCUT2D eigenvalue weighted by molar-refractivity contribution is 0.273. The van der Waals surface area contributed by atoms with E-state index in [2.05, 4.69) is 15.5 Å². The number of nitrogens with zero attached hydrogens (tertiary/aromatic N) is 3. The summed E-state index contributed by atoms with van der Waals surface area (Å²) in [5.74, 6) is 1.46. The minimum atomic E-state index is -0.255. The molecule has 1 aromatic rings. The Bertz CT molecular complexity index is 299. The van der Waals surface area contributed by atoms with E-state index in [0.29, 0.717) is 6.42 Å². The van der Waals surface area contributed by atoms with Crippen molar-refractivity contribution in [3.8, 4) is 0 Å². The van der Waals surface area contributed by atoms with Gasteiger partial charge in [0.05, 0.1) is 6.04 Å². The molecule has 1 aromatic heterocycles. The molecule has 0 fully saturated rings. The van der Waals surface area contributed by atoms with Crippen molar-refractivity contribution in [1.29, 1.82) is 0 Å². The third-order valence-corrected chi connectivity index (χ3v) is 2.20. The van der Waals surface area contributed by atoms with E-state index in [1.807, 2.05) is 18.4 Å². The first-order chi connectivity index (χ1) is 7.24. The van der Waals surface area contributed by atoms with E-state index in [1.54, 1.807) is 0 Å². The molecule has 1 rings (SSSR count). The van der Waals surface area contributed by atoms with Crippen molar-refractivity contribution >= 4 is 5.95 Å². The monoisotopic (exact) mass is 213 g/mol. The van der Waals surface area contributed by atoms with Crippen LogP contribution in [0.4, 0.5) is 5.95 Å². The molecule has 0 saturated heterocycles. The minimum absolute atomic E-state index is 0.0638. The zero-order chi connectivity index (χ0) is 11.3. The van der Waals surface area contributed by atoms with Gasteiger partial charge in [-0.2, -0.15) is 0 Å². The second-order valence-corrected chi connectivity index (χ2v) is 3.28. The summed E-state index contributed by atoms with van der Waals surface area (Å²) in [5, 5.41) is 20.0. The molecular weight excluding hydrogens is 194 g/mol. The maximum absolute atomic E-state index is 8.82. The lowest BCUT2D eigenvalue weighted by atomic mass is 10.2. The molecule has 1 atom stereocenters. The van der Waals surface area contributed by atoms with Crippen LogP contribution in [0.15, 0.2) is 0 Å². The summed E-state index contributed by atoms with van der Waals surface area (Å²) in [6.45, 7) is 5.65. The molecule has 0 aliphatic carbocycles. The van der Waals surface area contributed by atoms with Crippen LogP contribution in [-0.2, 0) is 6.54 Å². The van der Waals surface area contributed by atoms with Gasteiger partial charge in [-0.25, -0.2) is 0 Å². The Morgan fingerprint density at radius 1 is 1.47 bits per heavy atom. The van der Waals surface area contributed by atoms with Gasteiger partial charge in [0.1, 0.15) is 0 Å². The molecule has 1 unspecified atom stereocenters. The second-order valence-electron chi connectivity index (χ2n) is 3.28. The second kappa shape index (κ2) is 5.67. The minimum Gasteiger partial charge on any atom is -0.396 e. The fourth-order valence-corrected chi connectivity index (χ4v) is 1.46. The standard InChI is InChI=1S/C9H19N5O/c1-3-11-9-13-12-8(14(9)4-2)7(10)5-6-15/h7,15H,3-6,10H2,1-2H3,(H,11,13). The highest BCUT2D eigenvalue weighted by Crippen LogP contribution is 2.15. The van der Waals surface area contributed by atoms with Crippen LogP contribution in [0.5, 0.6) is 0 Å². The normalized spacial score (nSPS) is 12.8. The van der Waals surface area contributed by atoms with E-state index < -0.39 is 0 Å². The molecule has 0 amide bonds. The van der Waals surface area contributed by atoms with E-state index in [0.717, 1.165) is 24.9 Å². The van der Waals surface area contributed by atoms with Crippen LogP contribution in [0.1, 0.15) is 32.1 Å². The van der Waals surface area contributed by atoms with E-state index in [-0.39, 0.29) is 12.6 Å². The van der Waals surface area contributed by atoms with Crippen LogP contribution < -0.4 is 11.1 Å². The predicted molar refractivity (Wildman–Crippen MR) is 58.5 cm³/mol. The van der Waals surface area contributed by atoms with Crippen molar-refractivity contribution in [2.24, 2.45) is 5.73 Å². The van der Waals surface area contributed by atoms with E-state index in [4.69, 9.17) is 10.8 Å². The van der Waals surface area contributed by atoms with Crippen molar-refractivity contribution in [2.75, 3.05) is 18.5 Å². The Morgan fingerprint density at radius 3 is 2.73 bits per heavy atom. The molecule has 0 radical (unpaired) electrons. The van der Waals surface area contributed by atoms with Crippen LogP contribution in [0.25, 0.3) is 0 Å². The summed E-state index contributed by atoms with van der Waals surface area (Å²) in [4.78, 5) is 0. The lowest BCUT2D eigenvalue weighted by Crippen LogP contribution is -2.18. The van der Waals surface area contributed by atoms with Crippen molar-refractivity contribution < 1.29 is 5.11 Å². The summed E-state index contributed by atoms with van der Waals surface area (Å²) in [5.41, 5.74) is 5.88. The maximum Gasteiger partial charge on any atom is 0.224 e. The highest BCUT2D eigenvalue weighted by molar-refractivity contribution is 5.26. The van der Waals surface area contributed by atoms with E-state index >= 15 is 0 Å². The molecule has 0 aliphatic heterocycles. The highest BCUT2D eigenvalue weighted by Gasteiger charge is 2.16. The van der Waals surface area contributed by atoms with Gasteiger partial charge in [0.2, 0.25) is 5.95 Å². The van der Waals surface area contributed by atoms with Gasteiger partial charge < -0.3 is 16.2 Å². The molecular formula is C9H19N5O. The quantitative estimate of drug-likeness (QED) is 0.624. The summed E-state index contributed by atoms with van der Waals surface area (Å²) in [6, 6.07) is -0.255. The fourth-order valence-electron chi connectivity index (χ4n) is 1.46. The number of anilines is 1. The third-order valence-electron chi connectivity index (χ3n) is 2.20. The van der Waals surface area contributed by atoms with Crippen molar-refractivity contribution in [3.05, 3.63) is 5.82 Å². The lowest BCUT2D eigenvalue weighted by Gasteiger charge is -2.12. The topological polar surface area (TPSA) is 89.0 Å². The Kier molecular flexibility index (Phi) is 4.51. The zero-order valence-electron chi connectivity index (χ0n) is 9.27. The predicted octanol–water partition coefficient (Wildman–Crippen LogP) is 0.112.